The van der Waals surface area contributed by atoms with Crippen LogP contribution in [0.4, 0.5) is 0 Å². The molecule has 90 heavy (non-hydrogen) atoms. The van der Waals surface area contributed by atoms with Gasteiger partial charge in [-0.1, -0.05) is 291 Å². The summed E-state index contributed by atoms with van der Waals surface area (Å²) in [7, 11) is 0. The Kier molecular flexibility index (Phi) is 12.0. The van der Waals surface area contributed by atoms with Crippen LogP contribution >= 0.6 is 0 Å². The standard InChI is InChI=1S/C46H28O.C42H26O/c1-3-15-32-29(12-1)14-11-23-34(32)35-17-5-6-18-36(35)45-39-21-9-7-19-37(39)44(38-20-8-10-22-40(38)45)31-25-27-43-42(28-31)41-26-24-30-13-2-4-16-33(30)46(41)47-43;1-2-10-27(11-3-1)28-18-20-30(21-19-28)40-33-14-6-8-16-35(33)41(36-17-9-7-15-34(36)40)31-23-25-39-38(26-31)37-24-22-29-12-4-5-13-32(29)42(37)43-39/h1-28H;1-26H. The molecule has 2 heterocycles. The van der Waals surface area contributed by atoms with Crippen molar-refractivity contribution in [2.45, 2.75) is 0 Å². The molecule has 0 aliphatic carbocycles. The molecule has 0 fully saturated rings. The molecule has 2 nitrogen and oxygen atoms in total. The van der Waals surface area contributed by atoms with Crippen LogP contribution in [-0.2, 0) is 0 Å². The average molecular weight is 1140 g/mol. The first-order chi connectivity index (χ1) is 44.7. The van der Waals surface area contributed by atoms with Crippen molar-refractivity contribution in [3.8, 4) is 66.8 Å². The third kappa shape index (κ3) is 8.26. The number of benzene rings is 17. The number of furan rings is 2. The molecule has 418 valence electrons. The summed E-state index contributed by atoms with van der Waals surface area (Å²) in [6.07, 6.45) is 0. The largest absolute Gasteiger partial charge is 0.455 e. The molecule has 0 bridgehead atoms. The highest BCUT2D eigenvalue weighted by atomic mass is 16.3. The van der Waals surface area contributed by atoms with Gasteiger partial charge in [-0.3, -0.25) is 0 Å². The molecule has 0 amide bonds. The summed E-state index contributed by atoms with van der Waals surface area (Å²) in [5, 5.41) is 21.8. The predicted octanol–water partition coefficient (Wildman–Crippen LogP) is 25.2. The minimum atomic E-state index is 0.911. The Balaban J connectivity index is 0.000000134. The van der Waals surface area contributed by atoms with Crippen molar-refractivity contribution in [3.63, 3.8) is 0 Å². The molecule has 0 radical (unpaired) electrons. The van der Waals surface area contributed by atoms with Gasteiger partial charge in [0.25, 0.3) is 0 Å². The molecule has 0 atom stereocenters. The minimum Gasteiger partial charge on any atom is -0.455 e. The van der Waals surface area contributed by atoms with Gasteiger partial charge in [0.05, 0.1) is 0 Å². The van der Waals surface area contributed by atoms with Crippen molar-refractivity contribution < 1.29 is 8.83 Å². The molecule has 19 aromatic rings. The first-order valence-electron chi connectivity index (χ1n) is 31.0. The van der Waals surface area contributed by atoms with Crippen molar-refractivity contribution in [3.05, 3.63) is 328 Å². The van der Waals surface area contributed by atoms with E-state index in [-0.39, 0.29) is 0 Å². The molecule has 0 saturated heterocycles. The SMILES string of the molecule is c1ccc(-c2c3ccccc3c(-c3ccc4oc5c6ccccc6ccc5c4c3)c3ccccc23)c(-c2cccc3ccccc23)c1.c1ccc(-c2ccc(-c3c4ccccc4c(-c4ccc5oc6c7ccccc7ccc6c5c4)c4ccccc34)cc2)cc1. The maximum atomic E-state index is 6.49. The van der Waals surface area contributed by atoms with Crippen LogP contribution in [0.25, 0.3) is 186 Å². The first-order valence-corrected chi connectivity index (χ1v) is 31.0. The minimum absolute atomic E-state index is 0.911. The van der Waals surface area contributed by atoms with Crippen LogP contribution in [0.1, 0.15) is 0 Å². The number of fused-ring (bicyclic) bond motifs is 15. The monoisotopic (exact) mass is 1140 g/mol. The van der Waals surface area contributed by atoms with Crippen LogP contribution in [-0.4, -0.2) is 0 Å². The topological polar surface area (TPSA) is 26.3 Å². The summed E-state index contributed by atoms with van der Waals surface area (Å²) >= 11 is 0. The normalized spacial score (nSPS) is 11.8. The Labute approximate surface area is 519 Å². The molecule has 2 aromatic heterocycles. The average Bonchev–Trinajstić information content (AvgIpc) is 1.08. The zero-order valence-electron chi connectivity index (χ0n) is 49.0. The van der Waals surface area contributed by atoms with E-state index in [0.29, 0.717) is 0 Å². The Morgan fingerprint density at radius 3 is 0.956 bits per heavy atom. The number of rotatable bonds is 6. The summed E-state index contributed by atoms with van der Waals surface area (Å²) in [5.74, 6) is 0. The van der Waals surface area contributed by atoms with E-state index in [9.17, 15) is 0 Å². The fourth-order valence-corrected chi connectivity index (χ4v) is 14.7. The van der Waals surface area contributed by atoms with Crippen molar-refractivity contribution in [2.75, 3.05) is 0 Å². The fraction of sp³-hybridized carbons (Fsp3) is 0. The molecular formula is C88H54O2. The van der Waals surface area contributed by atoms with E-state index in [0.717, 1.165) is 54.6 Å². The zero-order valence-corrected chi connectivity index (χ0v) is 49.0. The summed E-state index contributed by atoms with van der Waals surface area (Å²) in [6.45, 7) is 0. The van der Waals surface area contributed by atoms with Gasteiger partial charge in [-0.15, -0.1) is 0 Å². The summed E-state index contributed by atoms with van der Waals surface area (Å²) in [5.41, 5.74) is 18.6. The Morgan fingerprint density at radius 1 is 0.156 bits per heavy atom. The molecule has 0 aliphatic rings. The summed E-state index contributed by atoms with van der Waals surface area (Å²) in [4.78, 5) is 0. The van der Waals surface area contributed by atoms with Crippen molar-refractivity contribution in [2.24, 2.45) is 0 Å². The Hall–Kier alpha value is -11.8. The second-order valence-corrected chi connectivity index (χ2v) is 23.7. The maximum Gasteiger partial charge on any atom is 0.143 e. The highest BCUT2D eigenvalue weighted by Crippen LogP contribution is 2.49. The van der Waals surface area contributed by atoms with E-state index in [2.05, 4.69) is 328 Å². The molecule has 19 rings (SSSR count). The second kappa shape index (κ2) is 21.0. The van der Waals surface area contributed by atoms with Crippen molar-refractivity contribution in [1.82, 2.24) is 0 Å². The highest BCUT2D eigenvalue weighted by molar-refractivity contribution is 6.26. The van der Waals surface area contributed by atoms with Gasteiger partial charge in [-0.25, -0.2) is 0 Å². The molecule has 0 aliphatic heterocycles. The first kappa shape index (κ1) is 51.4. The van der Waals surface area contributed by atoms with E-state index in [1.165, 1.54) is 131 Å². The lowest BCUT2D eigenvalue weighted by Gasteiger charge is -2.20. The molecule has 0 saturated carbocycles. The Bertz CT molecular complexity index is 5960. The van der Waals surface area contributed by atoms with Crippen LogP contribution in [0.5, 0.6) is 0 Å². The van der Waals surface area contributed by atoms with Crippen LogP contribution in [0.15, 0.2) is 336 Å². The molecule has 17 aromatic carbocycles. The lowest BCUT2D eigenvalue weighted by atomic mass is 9.83. The van der Waals surface area contributed by atoms with E-state index < -0.39 is 0 Å². The highest BCUT2D eigenvalue weighted by Gasteiger charge is 2.22. The van der Waals surface area contributed by atoms with Gasteiger partial charge in [-0.05, 0) is 168 Å². The molecule has 0 spiro atoms. The Morgan fingerprint density at radius 2 is 0.478 bits per heavy atom. The van der Waals surface area contributed by atoms with Crippen molar-refractivity contribution in [1.29, 1.82) is 0 Å². The summed E-state index contributed by atoms with van der Waals surface area (Å²) in [6, 6.07) is 118. The molecular weight excluding hydrogens is 1090 g/mol. The van der Waals surface area contributed by atoms with Crippen LogP contribution in [0.3, 0.4) is 0 Å². The lowest BCUT2D eigenvalue weighted by Crippen LogP contribution is -1.93. The van der Waals surface area contributed by atoms with E-state index in [1.807, 2.05) is 0 Å². The van der Waals surface area contributed by atoms with Gasteiger partial charge in [0, 0.05) is 32.3 Å². The second-order valence-electron chi connectivity index (χ2n) is 23.7. The smallest absolute Gasteiger partial charge is 0.143 e. The molecule has 0 unspecified atom stereocenters. The molecule has 2 heteroatoms. The van der Waals surface area contributed by atoms with E-state index in [1.54, 1.807) is 0 Å². The zero-order chi connectivity index (χ0) is 59.2. The van der Waals surface area contributed by atoms with Crippen LogP contribution < -0.4 is 0 Å². The van der Waals surface area contributed by atoms with Crippen LogP contribution in [0, 0.1) is 0 Å². The molecule has 0 N–H and O–H groups in total. The number of hydrogen-bond donors (Lipinski definition) is 0. The van der Waals surface area contributed by atoms with Crippen molar-refractivity contribution >= 4 is 119 Å². The quantitative estimate of drug-likeness (QED) is 0.155. The van der Waals surface area contributed by atoms with Gasteiger partial charge in [0.15, 0.2) is 0 Å². The van der Waals surface area contributed by atoms with Gasteiger partial charge < -0.3 is 8.83 Å². The lowest BCUT2D eigenvalue weighted by molar-refractivity contribution is 0.672. The van der Waals surface area contributed by atoms with Crippen LogP contribution in [0.2, 0.25) is 0 Å². The van der Waals surface area contributed by atoms with Gasteiger partial charge >= 0.3 is 0 Å². The summed E-state index contributed by atoms with van der Waals surface area (Å²) < 4.78 is 12.9. The third-order valence-corrected chi connectivity index (χ3v) is 18.7. The van der Waals surface area contributed by atoms with Gasteiger partial charge in [0.1, 0.15) is 22.3 Å². The predicted molar refractivity (Wildman–Crippen MR) is 383 cm³/mol. The van der Waals surface area contributed by atoms with Gasteiger partial charge in [-0.2, -0.15) is 0 Å². The number of hydrogen-bond acceptors (Lipinski definition) is 2. The maximum absolute atomic E-state index is 6.49. The third-order valence-electron chi connectivity index (χ3n) is 18.7. The van der Waals surface area contributed by atoms with E-state index in [4.69, 9.17) is 8.83 Å². The fourth-order valence-electron chi connectivity index (χ4n) is 14.7. The van der Waals surface area contributed by atoms with E-state index >= 15 is 0 Å². The van der Waals surface area contributed by atoms with Gasteiger partial charge in [0.2, 0.25) is 0 Å².